The molecule has 1 saturated heterocycles. The van der Waals surface area contributed by atoms with Crippen molar-refractivity contribution in [2.45, 2.75) is 38.1 Å². The summed E-state index contributed by atoms with van der Waals surface area (Å²) in [6.45, 7) is 1.78. The van der Waals surface area contributed by atoms with Crippen LogP contribution in [0, 0.1) is 12.7 Å². The van der Waals surface area contributed by atoms with Crippen LogP contribution in [0.5, 0.6) is 0 Å². The highest BCUT2D eigenvalue weighted by molar-refractivity contribution is 7.91. The largest absolute Gasteiger partial charge is 0.322 e. The van der Waals surface area contributed by atoms with Crippen LogP contribution in [0.2, 0.25) is 5.02 Å². The first-order chi connectivity index (χ1) is 14.7. The molecule has 0 bridgehead atoms. The number of pyridine rings is 1. The second-order valence-electron chi connectivity index (χ2n) is 8.24. The number of carbonyl (C=O) groups excluding carboxylic acids is 1. The smallest absolute Gasteiger partial charge is 0.256 e. The van der Waals surface area contributed by atoms with E-state index in [1.165, 1.54) is 18.2 Å². The fraction of sp³-hybridized carbons (Fsp3) is 0.381. The van der Waals surface area contributed by atoms with Gasteiger partial charge in [-0.2, -0.15) is 5.10 Å². The second kappa shape index (κ2) is 7.27. The third-order valence-corrected chi connectivity index (χ3v) is 7.87. The summed E-state index contributed by atoms with van der Waals surface area (Å²) in [6, 6.07) is 5.48. The summed E-state index contributed by atoms with van der Waals surface area (Å²) >= 11 is 5.84. The van der Waals surface area contributed by atoms with Gasteiger partial charge in [0.15, 0.2) is 15.5 Å². The Hall–Kier alpha value is -2.52. The van der Waals surface area contributed by atoms with Gasteiger partial charge in [0.25, 0.3) is 5.91 Å². The predicted molar refractivity (Wildman–Crippen MR) is 116 cm³/mol. The predicted octanol–water partition coefficient (Wildman–Crippen LogP) is 4.02. The molecule has 5 rings (SSSR count). The van der Waals surface area contributed by atoms with Crippen LogP contribution in [0.4, 0.5) is 10.1 Å². The molecular weight excluding hydrogens is 443 g/mol. The van der Waals surface area contributed by atoms with Crippen molar-refractivity contribution in [3.05, 3.63) is 52.1 Å². The van der Waals surface area contributed by atoms with Crippen molar-refractivity contribution in [3.8, 4) is 0 Å². The number of amides is 1. The SMILES string of the molecule is Cc1nn(C2CCS(=O)(=O)C2)c2nc(C3CC3)cc(C(=O)Nc3ccc(F)c(Cl)c3)c12. The van der Waals surface area contributed by atoms with Gasteiger partial charge in [0.05, 0.1) is 39.2 Å². The van der Waals surface area contributed by atoms with E-state index in [1.54, 1.807) is 17.7 Å². The first-order valence-electron chi connectivity index (χ1n) is 10.1. The lowest BCUT2D eigenvalue weighted by atomic mass is 10.1. The van der Waals surface area contributed by atoms with E-state index in [2.05, 4.69) is 10.4 Å². The Morgan fingerprint density at radius 2 is 2.03 bits per heavy atom. The summed E-state index contributed by atoms with van der Waals surface area (Å²) in [5.74, 6) is -0.510. The van der Waals surface area contributed by atoms with Crippen LogP contribution in [0.3, 0.4) is 0 Å². The van der Waals surface area contributed by atoms with E-state index in [9.17, 15) is 17.6 Å². The van der Waals surface area contributed by atoms with Gasteiger partial charge in [0, 0.05) is 17.3 Å². The van der Waals surface area contributed by atoms with Gasteiger partial charge in [0.1, 0.15) is 5.82 Å². The molecule has 0 radical (unpaired) electrons. The van der Waals surface area contributed by atoms with Gasteiger partial charge in [-0.15, -0.1) is 0 Å². The minimum Gasteiger partial charge on any atom is -0.322 e. The maximum absolute atomic E-state index is 13.5. The number of fused-ring (bicyclic) bond motifs is 1. The van der Waals surface area contributed by atoms with Crippen molar-refractivity contribution in [2.75, 3.05) is 16.8 Å². The zero-order valence-corrected chi connectivity index (χ0v) is 18.3. The minimum absolute atomic E-state index is 0.0220. The number of aryl methyl sites for hydroxylation is 1. The van der Waals surface area contributed by atoms with E-state index in [0.29, 0.717) is 34.4 Å². The summed E-state index contributed by atoms with van der Waals surface area (Å²) in [7, 11) is -3.10. The standard InChI is InChI=1S/C21H20ClFN4O3S/c1-11-19-15(21(28)24-13-4-5-17(23)16(22)8-13)9-18(12-2-3-12)25-20(19)27(26-11)14-6-7-31(29,30)10-14/h4-5,8-9,12,14H,2-3,6-7,10H2,1H3,(H,24,28). The lowest BCUT2D eigenvalue weighted by Gasteiger charge is -2.12. The average molecular weight is 463 g/mol. The lowest BCUT2D eigenvalue weighted by Crippen LogP contribution is -2.15. The van der Waals surface area contributed by atoms with E-state index in [0.717, 1.165) is 18.5 Å². The van der Waals surface area contributed by atoms with Crippen molar-refractivity contribution >= 4 is 44.1 Å². The van der Waals surface area contributed by atoms with E-state index in [-0.39, 0.29) is 34.4 Å². The van der Waals surface area contributed by atoms with E-state index in [1.807, 2.05) is 0 Å². The monoisotopic (exact) mass is 462 g/mol. The number of aromatic nitrogens is 3. The highest BCUT2D eigenvalue weighted by Crippen LogP contribution is 2.41. The molecule has 2 fully saturated rings. The van der Waals surface area contributed by atoms with Crippen molar-refractivity contribution in [2.24, 2.45) is 0 Å². The van der Waals surface area contributed by atoms with Gasteiger partial charge in [-0.05, 0) is 50.5 Å². The third kappa shape index (κ3) is 3.80. The zero-order chi connectivity index (χ0) is 21.9. The van der Waals surface area contributed by atoms with Gasteiger partial charge >= 0.3 is 0 Å². The van der Waals surface area contributed by atoms with E-state index in [4.69, 9.17) is 16.6 Å². The number of benzene rings is 1. The fourth-order valence-electron chi connectivity index (χ4n) is 4.09. The molecule has 2 aromatic heterocycles. The molecule has 1 aliphatic heterocycles. The molecule has 1 aromatic carbocycles. The Balaban J connectivity index is 1.60. The van der Waals surface area contributed by atoms with Crippen LogP contribution in [-0.4, -0.2) is 40.6 Å². The minimum atomic E-state index is -3.10. The Morgan fingerprint density at radius 3 is 2.68 bits per heavy atom. The molecular formula is C21H20ClFN4O3S. The molecule has 3 heterocycles. The average Bonchev–Trinajstić information content (AvgIpc) is 3.43. The molecule has 31 heavy (non-hydrogen) atoms. The Labute approximate surface area is 183 Å². The topological polar surface area (TPSA) is 93.9 Å². The first kappa shape index (κ1) is 20.4. The van der Waals surface area contributed by atoms with E-state index < -0.39 is 15.7 Å². The normalized spacial score (nSPS) is 20.3. The molecule has 1 aliphatic carbocycles. The van der Waals surface area contributed by atoms with Crippen LogP contribution >= 0.6 is 11.6 Å². The van der Waals surface area contributed by atoms with Gasteiger partial charge in [-0.3, -0.25) is 4.79 Å². The summed E-state index contributed by atoms with van der Waals surface area (Å²) in [6.07, 6.45) is 2.47. The number of hydrogen-bond donors (Lipinski definition) is 1. The second-order valence-corrected chi connectivity index (χ2v) is 10.9. The molecule has 162 valence electrons. The maximum Gasteiger partial charge on any atom is 0.256 e. The molecule has 1 unspecified atom stereocenters. The molecule has 1 saturated carbocycles. The van der Waals surface area contributed by atoms with Gasteiger partial charge in [-0.25, -0.2) is 22.5 Å². The number of nitrogens with one attached hydrogen (secondary N) is 1. The van der Waals surface area contributed by atoms with Gasteiger partial charge in [-0.1, -0.05) is 11.6 Å². The number of hydrogen-bond acceptors (Lipinski definition) is 5. The van der Waals surface area contributed by atoms with Crippen LogP contribution in [0.1, 0.15) is 53.0 Å². The summed E-state index contributed by atoms with van der Waals surface area (Å²) in [4.78, 5) is 18.0. The number of sulfone groups is 1. The fourth-order valence-corrected chi connectivity index (χ4v) is 5.97. The van der Waals surface area contributed by atoms with E-state index >= 15 is 0 Å². The van der Waals surface area contributed by atoms with Crippen LogP contribution < -0.4 is 5.32 Å². The molecule has 10 heteroatoms. The highest BCUT2D eigenvalue weighted by atomic mass is 35.5. The van der Waals surface area contributed by atoms with Crippen LogP contribution in [-0.2, 0) is 9.84 Å². The number of rotatable bonds is 4. The number of anilines is 1. The highest BCUT2D eigenvalue weighted by Gasteiger charge is 2.34. The molecule has 1 N–H and O–H groups in total. The molecule has 1 amide bonds. The zero-order valence-electron chi connectivity index (χ0n) is 16.7. The molecule has 2 aliphatic rings. The Morgan fingerprint density at radius 1 is 1.26 bits per heavy atom. The molecule has 0 spiro atoms. The maximum atomic E-state index is 13.5. The van der Waals surface area contributed by atoms with Crippen molar-refractivity contribution in [1.82, 2.24) is 14.8 Å². The third-order valence-electron chi connectivity index (χ3n) is 5.83. The summed E-state index contributed by atoms with van der Waals surface area (Å²) in [5.41, 5.74) is 2.73. The first-order valence-corrected chi connectivity index (χ1v) is 12.3. The van der Waals surface area contributed by atoms with Crippen LogP contribution in [0.15, 0.2) is 24.3 Å². The van der Waals surface area contributed by atoms with Crippen molar-refractivity contribution < 1.29 is 17.6 Å². The van der Waals surface area contributed by atoms with Gasteiger partial charge < -0.3 is 5.32 Å². The molecule has 1 atom stereocenters. The summed E-state index contributed by atoms with van der Waals surface area (Å²) in [5, 5.41) is 7.86. The van der Waals surface area contributed by atoms with Crippen LogP contribution in [0.25, 0.3) is 11.0 Å². The quantitative estimate of drug-likeness (QED) is 0.632. The molecule has 3 aromatic rings. The Kier molecular flexibility index (Phi) is 4.78. The van der Waals surface area contributed by atoms with Crippen molar-refractivity contribution in [3.63, 3.8) is 0 Å². The number of halogens is 2. The van der Waals surface area contributed by atoms with Gasteiger partial charge in [0.2, 0.25) is 0 Å². The number of carbonyl (C=O) groups is 1. The van der Waals surface area contributed by atoms with Crippen molar-refractivity contribution in [1.29, 1.82) is 0 Å². The lowest BCUT2D eigenvalue weighted by molar-refractivity contribution is 0.102. The molecule has 7 nitrogen and oxygen atoms in total. The summed E-state index contributed by atoms with van der Waals surface area (Å²) < 4.78 is 39.2. The number of nitrogens with zero attached hydrogens (tertiary/aromatic N) is 3. The Bertz CT molecular complexity index is 1330.